The lowest BCUT2D eigenvalue weighted by Crippen LogP contribution is -2.35. The number of hydrogen-bond donors (Lipinski definition) is 1. The van der Waals surface area contributed by atoms with Crippen molar-refractivity contribution in [2.45, 2.75) is 25.4 Å². The highest BCUT2D eigenvalue weighted by atomic mass is 35.5. The van der Waals surface area contributed by atoms with Crippen LogP contribution in [0.5, 0.6) is 0 Å². The Morgan fingerprint density at radius 2 is 2.47 bits per heavy atom. The SMILES string of the molecule is CN1CCCC1CNCc1ccc(Cl)o1. The van der Waals surface area contributed by atoms with Gasteiger partial charge in [0, 0.05) is 12.6 Å². The molecule has 84 valence electrons. The van der Waals surface area contributed by atoms with Gasteiger partial charge in [0.25, 0.3) is 0 Å². The van der Waals surface area contributed by atoms with E-state index >= 15 is 0 Å². The summed E-state index contributed by atoms with van der Waals surface area (Å²) in [6, 6.07) is 4.36. The first kappa shape index (κ1) is 11.0. The lowest BCUT2D eigenvalue weighted by atomic mass is 10.2. The Kier molecular flexibility index (Phi) is 3.67. The van der Waals surface area contributed by atoms with Crippen LogP contribution in [0.4, 0.5) is 0 Å². The number of hydrogen-bond acceptors (Lipinski definition) is 3. The summed E-state index contributed by atoms with van der Waals surface area (Å²) in [6.07, 6.45) is 2.61. The molecule has 0 radical (unpaired) electrons. The summed E-state index contributed by atoms with van der Waals surface area (Å²) in [5.74, 6) is 0.903. The third kappa shape index (κ3) is 2.97. The molecule has 0 aliphatic carbocycles. The molecule has 3 nitrogen and oxygen atoms in total. The van der Waals surface area contributed by atoms with E-state index in [2.05, 4.69) is 17.3 Å². The molecule has 1 aromatic heterocycles. The van der Waals surface area contributed by atoms with Gasteiger partial charge >= 0.3 is 0 Å². The second-order valence-corrected chi connectivity index (χ2v) is 4.49. The molecule has 1 aliphatic heterocycles. The van der Waals surface area contributed by atoms with E-state index in [1.54, 1.807) is 6.07 Å². The second kappa shape index (κ2) is 5.01. The van der Waals surface area contributed by atoms with Crippen molar-refractivity contribution in [1.82, 2.24) is 10.2 Å². The fraction of sp³-hybridized carbons (Fsp3) is 0.636. The Morgan fingerprint density at radius 1 is 1.60 bits per heavy atom. The molecular formula is C11H17ClN2O. The molecule has 15 heavy (non-hydrogen) atoms. The van der Waals surface area contributed by atoms with E-state index in [0.717, 1.165) is 18.8 Å². The van der Waals surface area contributed by atoms with Gasteiger partial charge in [-0.05, 0) is 50.2 Å². The molecule has 1 aliphatic rings. The highest BCUT2D eigenvalue weighted by molar-refractivity contribution is 6.28. The molecule has 1 unspecified atom stereocenters. The highest BCUT2D eigenvalue weighted by Gasteiger charge is 2.19. The minimum absolute atomic E-state index is 0.463. The van der Waals surface area contributed by atoms with E-state index in [0.29, 0.717) is 11.3 Å². The predicted octanol–water partition coefficient (Wildman–Crippen LogP) is 2.12. The summed E-state index contributed by atoms with van der Waals surface area (Å²) < 4.78 is 5.26. The molecule has 0 bridgehead atoms. The molecular weight excluding hydrogens is 212 g/mol. The maximum Gasteiger partial charge on any atom is 0.193 e. The molecule has 1 fully saturated rings. The molecule has 4 heteroatoms. The number of rotatable bonds is 4. The maximum atomic E-state index is 5.69. The zero-order valence-electron chi connectivity index (χ0n) is 9.00. The average Bonchev–Trinajstić information content (AvgIpc) is 2.77. The largest absolute Gasteiger partial charge is 0.448 e. The molecule has 0 aromatic carbocycles. The van der Waals surface area contributed by atoms with Crippen molar-refractivity contribution in [2.75, 3.05) is 20.1 Å². The normalized spacial score (nSPS) is 22.4. The lowest BCUT2D eigenvalue weighted by molar-refractivity contribution is 0.297. The van der Waals surface area contributed by atoms with Crippen LogP contribution in [0.1, 0.15) is 18.6 Å². The number of furan rings is 1. The van der Waals surface area contributed by atoms with Crippen LogP contribution < -0.4 is 5.32 Å². The Hall–Kier alpha value is -0.510. The maximum absolute atomic E-state index is 5.69. The Bertz CT molecular complexity index is 313. The monoisotopic (exact) mass is 228 g/mol. The van der Waals surface area contributed by atoms with Crippen LogP contribution in [0.15, 0.2) is 16.5 Å². The molecule has 1 atom stereocenters. The van der Waals surface area contributed by atoms with Crippen molar-refractivity contribution in [3.05, 3.63) is 23.1 Å². The smallest absolute Gasteiger partial charge is 0.193 e. The van der Waals surface area contributed by atoms with Gasteiger partial charge in [0.15, 0.2) is 5.22 Å². The van der Waals surface area contributed by atoms with E-state index in [9.17, 15) is 0 Å². The number of nitrogens with zero attached hydrogens (tertiary/aromatic N) is 1. The predicted molar refractivity (Wildman–Crippen MR) is 61.1 cm³/mol. The van der Waals surface area contributed by atoms with Gasteiger partial charge in [-0.3, -0.25) is 0 Å². The molecule has 1 saturated heterocycles. The minimum atomic E-state index is 0.463. The standard InChI is InChI=1S/C11H17ClN2O/c1-14-6-2-3-9(14)7-13-8-10-4-5-11(12)15-10/h4-5,9,13H,2-3,6-8H2,1H3. The van der Waals surface area contributed by atoms with Crippen molar-refractivity contribution < 1.29 is 4.42 Å². The van der Waals surface area contributed by atoms with Crippen molar-refractivity contribution in [3.63, 3.8) is 0 Å². The Labute approximate surface area is 95.4 Å². The topological polar surface area (TPSA) is 28.4 Å². The van der Waals surface area contributed by atoms with Gasteiger partial charge in [-0.1, -0.05) is 0 Å². The van der Waals surface area contributed by atoms with Crippen molar-refractivity contribution in [2.24, 2.45) is 0 Å². The number of likely N-dealkylation sites (N-methyl/N-ethyl adjacent to an activating group) is 1. The molecule has 0 spiro atoms. The first-order valence-corrected chi connectivity index (χ1v) is 5.78. The Morgan fingerprint density at radius 3 is 3.07 bits per heavy atom. The number of nitrogens with one attached hydrogen (secondary N) is 1. The van der Waals surface area contributed by atoms with Gasteiger partial charge in [-0.15, -0.1) is 0 Å². The van der Waals surface area contributed by atoms with Crippen LogP contribution in [0.2, 0.25) is 5.22 Å². The van der Waals surface area contributed by atoms with Gasteiger partial charge in [-0.2, -0.15) is 0 Å². The average molecular weight is 229 g/mol. The fourth-order valence-corrected chi connectivity index (χ4v) is 2.21. The molecule has 2 rings (SSSR count). The molecule has 2 heterocycles. The van der Waals surface area contributed by atoms with Crippen LogP contribution in [0.25, 0.3) is 0 Å². The molecule has 0 amide bonds. The van der Waals surface area contributed by atoms with E-state index in [-0.39, 0.29) is 0 Å². The summed E-state index contributed by atoms with van der Waals surface area (Å²) >= 11 is 5.69. The van der Waals surface area contributed by atoms with E-state index in [4.69, 9.17) is 16.0 Å². The quantitative estimate of drug-likeness (QED) is 0.856. The fourth-order valence-electron chi connectivity index (χ4n) is 2.05. The van der Waals surface area contributed by atoms with Crippen molar-refractivity contribution >= 4 is 11.6 Å². The van der Waals surface area contributed by atoms with Gasteiger partial charge in [0.1, 0.15) is 5.76 Å². The lowest BCUT2D eigenvalue weighted by Gasteiger charge is -2.19. The summed E-state index contributed by atoms with van der Waals surface area (Å²) in [4.78, 5) is 2.40. The van der Waals surface area contributed by atoms with E-state index in [1.165, 1.54) is 19.4 Å². The van der Waals surface area contributed by atoms with Crippen LogP contribution in [0, 0.1) is 0 Å². The van der Waals surface area contributed by atoms with Crippen LogP contribution in [-0.4, -0.2) is 31.1 Å². The first-order valence-electron chi connectivity index (χ1n) is 5.41. The van der Waals surface area contributed by atoms with Crippen LogP contribution in [0.3, 0.4) is 0 Å². The van der Waals surface area contributed by atoms with Crippen LogP contribution >= 0.6 is 11.6 Å². The molecule has 0 saturated carbocycles. The van der Waals surface area contributed by atoms with E-state index in [1.807, 2.05) is 6.07 Å². The second-order valence-electron chi connectivity index (χ2n) is 4.11. The molecule has 1 N–H and O–H groups in total. The number of likely N-dealkylation sites (tertiary alicyclic amines) is 1. The minimum Gasteiger partial charge on any atom is -0.448 e. The van der Waals surface area contributed by atoms with E-state index < -0.39 is 0 Å². The molecule has 1 aromatic rings. The zero-order chi connectivity index (χ0) is 10.7. The van der Waals surface area contributed by atoms with Crippen molar-refractivity contribution in [3.8, 4) is 0 Å². The van der Waals surface area contributed by atoms with Gasteiger partial charge in [0.2, 0.25) is 0 Å². The summed E-state index contributed by atoms with van der Waals surface area (Å²) in [5.41, 5.74) is 0. The Balaban J connectivity index is 1.70. The highest BCUT2D eigenvalue weighted by Crippen LogP contribution is 2.15. The summed E-state index contributed by atoms with van der Waals surface area (Å²) in [5, 5.41) is 3.86. The van der Waals surface area contributed by atoms with Crippen molar-refractivity contribution in [1.29, 1.82) is 0 Å². The number of halogens is 1. The van der Waals surface area contributed by atoms with Gasteiger partial charge in [-0.25, -0.2) is 0 Å². The summed E-state index contributed by atoms with van der Waals surface area (Å²) in [7, 11) is 2.18. The third-order valence-electron chi connectivity index (χ3n) is 2.98. The van der Waals surface area contributed by atoms with Gasteiger partial charge < -0.3 is 14.6 Å². The zero-order valence-corrected chi connectivity index (χ0v) is 9.76. The van der Waals surface area contributed by atoms with Gasteiger partial charge in [0.05, 0.1) is 6.54 Å². The third-order valence-corrected chi connectivity index (χ3v) is 3.18. The van der Waals surface area contributed by atoms with Crippen LogP contribution in [-0.2, 0) is 6.54 Å². The summed E-state index contributed by atoms with van der Waals surface area (Å²) in [6.45, 7) is 3.00. The first-order chi connectivity index (χ1) is 7.25.